The maximum Gasteiger partial charge on any atom is 0.165 e. The molecule has 3 nitrogen and oxygen atoms in total. The van der Waals surface area contributed by atoms with Gasteiger partial charge in [-0.25, -0.2) is 4.39 Å². The number of pyridine rings is 1. The van der Waals surface area contributed by atoms with E-state index in [9.17, 15) is 4.39 Å². The molecule has 0 amide bonds. The lowest BCUT2D eigenvalue weighted by atomic mass is 9.92. The van der Waals surface area contributed by atoms with Gasteiger partial charge >= 0.3 is 0 Å². The van der Waals surface area contributed by atoms with Crippen molar-refractivity contribution in [1.82, 2.24) is 4.98 Å². The summed E-state index contributed by atoms with van der Waals surface area (Å²) in [6, 6.07) is 9.12. The van der Waals surface area contributed by atoms with Crippen molar-refractivity contribution >= 4 is 5.69 Å². The smallest absolute Gasteiger partial charge is 0.165 e. The molecule has 1 N–H and O–H groups in total. The van der Waals surface area contributed by atoms with Crippen LogP contribution in [0.15, 0.2) is 36.5 Å². The quantitative estimate of drug-likeness (QED) is 0.924. The van der Waals surface area contributed by atoms with Crippen molar-refractivity contribution in [3.8, 4) is 5.75 Å². The molecule has 2 aromatic rings. The minimum atomic E-state index is -0.347. The number of aromatic nitrogens is 1. The van der Waals surface area contributed by atoms with Gasteiger partial charge in [-0.15, -0.1) is 0 Å². The number of methoxy groups -OCH3 is 1. The Labute approximate surface area is 117 Å². The van der Waals surface area contributed by atoms with Gasteiger partial charge in [-0.2, -0.15) is 0 Å². The van der Waals surface area contributed by atoms with E-state index >= 15 is 0 Å². The van der Waals surface area contributed by atoms with Gasteiger partial charge in [-0.05, 0) is 43.0 Å². The standard InChI is InChI=1S/C16H17FN2O/c1-20-15-10-12(7-8-13(15)17)19-14-6-2-4-11-5-3-9-18-16(11)14/h3,5,7-10,14,19H,2,4,6H2,1H3. The number of hydrogen-bond acceptors (Lipinski definition) is 3. The van der Waals surface area contributed by atoms with Gasteiger partial charge in [-0.3, -0.25) is 4.98 Å². The molecule has 1 aliphatic rings. The van der Waals surface area contributed by atoms with E-state index < -0.39 is 0 Å². The zero-order valence-corrected chi connectivity index (χ0v) is 11.4. The van der Waals surface area contributed by atoms with Crippen LogP contribution < -0.4 is 10.1 Å². The molecule has 0 saturated heterocycles. The van der Waals surface area contributed by atoms with Crippen LogP contribution in [0.1, 0.15) is 30.1 Å². The lowest BCUT2D eigenvalue weighted by Gasteiger charge is -2.26. The highest BCUT2D eigenvalue weighted by Crippen LogP contribution is 2.32. The van der Waals surface area contributed by atoms with Crippen LogP contribution >= 0.6 is 0 Å². The van der Waals surface area contributed by atoms with E-state index in [1.165, 1.54) is 18.7 Å². The van der Waals surface area contributed by atoms with Crippen molar-refractivity contribution in [2.45, 2.75) is 25.3 Å². The van der Waals surface area contributed by atoms with Crippen LogP contribution in [0, 0.1) is 5.82 Å². The third-order valence-corrected chi connectivity index (χ3v) is 3.69. The molecule has 0 radical (unpaired) electrons. The van der Waals surface area contributed by atoms with Crippen LogP contribution in [0.25, 0.3) is 0 Å². The molecule has 0 bridgehead atoms. The van der Waals surface area contributed by atoms with Gasteiger partial charge in [0.2, 0.25) is 0 Å². The number of aryl methyl sites for hydroxylation is 1. The van der Waals surface area contributed by atoms with Gasteiger partial charge in [0.05, 0.1) is 18.8 Å². The minimum absolute atomic E-state index is 0.176. The highest BCUT2D eigenvalue weighted by Gasteiger charge is 2.21. The van der Waals surface area contributed by atoms with Crippen molar-refractivity contribution < 1.29 is 9.13 Å². The number of anilines is 1. The fourth-order valence-corrected chi connectivity index (χ4v) is 2.70. The maximum atomic E-state index is 13.4. The van der Waals surface area contributed by atoms with Crippen LogP contribution in [0.3, 0.4) is 0 Å². The first-order chi connectivity index (χ1) is 9.78. The third kappa shape index (κ3) is 2.46. The Kier molecular flexibility index (Phi) is 3.54. The van der Waals surface area contributed by atoms with E-state index in [-0.39, 0.29) is 17.6 Å². The van der Waals surface area contributed by atoms with E-state index in [2.05, 4.69) is 16.4 Å². The Morgan fingerprint density at radius 1 is 1.35 bits per heavy atom. The molecule has 1 aromatic heterocycles. The molecule has 1 unspecified atom stereocenters. The molecule has 1 aliphatic carbocycles. The molecule has 3 rings (SSSR count). The maximum absolute atomic E-state index is 13.4. The van der Waals surface area contributed by atoms with Crippen LogP contribution in [0.2, 0.25) is 0 Å². The Morgan fingerprint density at radius 2 is 2.25 bits per heavy atom. The molecule has 0 fully saturated rings. The second-order valence-electron chi connectivity index (χ2n) is 4.99. The molecular weight excluding hydrogens is 255 g/mol. The Morgan fingerprint density at radius 3 is 3.10 bits per heavy atom. The number of fused-ring (bicyclic) bond motifs is 1. The van der Waals surface area contributed by atoms with Crippen molar-refractivity contribution in [2.24, 2.45) is 0 Å². The monoisotopic (exact) mass is 272 g/mol. The predicted molar refractivity (Wildman–Crippen MR) is 76.5 cm³/mol. The fourth-order valence-electron chi connectivity index (χ4n) is 2.70. The summed E-state index contributed by atoms with van der Waals surface area (Å²) in [5.41, 5.74) is 3.25. The molecule has 20 heavy (non-hydrogen) atoms. The van der Waals surface area contributed by atoms with Crippen molar-refractivity contribution in [2.75, 3.05) is 12.4 Å². The zero-order chi connectivity index (χ0) is 13.9. The highest BCUT2D eigenvalue weighted by atomic mass is 19.1. The van der Waals surface area contributed by atoms with E-state index in [1.807, 2.05) is 12.3 Å². The molecule has 104 valence electrons. The highest BCUT2D eigenvalue weighted by molar-refractivity contribution is 5.50. The summed E-state index contributed by atoms with van der Waals surface area (Å²) in [5, 5.41) is 3.43. The number of nitrogens with zero attached hydrogens (tertiary/aromatic N) is 1. The third-order valence-electron chi connectivity index (χ3n) is 3.69. The topological polar surface area (TPSA) is 34.1 Å². The van der Waals surface area contributed by atoms with E-state index in [0.29, 0.717) is 0 Å². The first-order valence-corrected chi connectivity index (χ1v) is 6.82. The van der Waals surface area contributed by atoms with E-state index in [0.717, 1.165) is 30.6 Å². The molecular formula is C16H17FN2O. The average Bonchev–Trinajstić information content (AvgIpc) is 2.49. The van der Waals surface area contributed by atoms with Gasteiger partial charge < -0.3 is 10.1 Å². The molecule has 1 atom stereocenters. The Bertz CT molecular complexity index is 615. The lowest BCUT2D eigenvalue weighted by molar-refractivity contribution is 0.386. The lowest BCUT2D eigenvalue weighted by Crippen LogP contribution is -2.18. The summed E-state index contributed by atoms with van der Waals surface area (Å²) >= 11 is 0. The number of rotatable bonds is 3. The Hall–Kier alpha value is -2.10. The van der Waals surface area contributed by atoms with Gasteiger partial charge in [-0.1, -0.05) is 6.07 Å². The summed E-state index contributed by atoms with van der Waals surface area (Å²) in [6.07, 6.45) is 5.07. The molecule has 1 heterocycles. The SMILES string of the molecule is COc1cc(NC2CCCc3cccnc32)ccc1F. The number of ether oxygens (including phenoxy) is 1. The number of nitrogens with one attached hydrogen (secondary N) is 1. The second-order valence-corrected chi connectivity index (χ2v) is 4.99. The number of hydrogen-bond donors (Lipinski definition) is 1. The normalized spacial score (nSPS) is 17.4. The summed E-state index contributed by atoms with van der Waals surface area (Å²) in [5.74, 6) is -0.0905. The molecule has 0 spiro atoms. The first-order valence-electron chi connectivity index (χ1n) is 6.82. The molecule has 1 aromatic carbocycles. The van der Waals surface area contributed by atoms with Crippen LogP contribution in [-0.2, 0) is 6.42 Å². The average molecular weight is 272 g/mol. The summed E-state index contributed by atoms with van der Waals surface area (Å²) < 4.78 is 18.4. The summed E-state index contributed by atoms with van der Waals surface area (Å²) in [6.45, 7) is 0. The van der Waals surface area contributed by atoms with Crippen LogP contribution in [0.5, 0.6) is 5.75 Å². The zero-order valence-electron chi connectivity index (χ0n) is 11.4. The second kappa shape index (κ2) is 5.49. The summed E-state index contributed by atoms with van der Waals surface area (Å²) in [7, 11) is 1.47. The van der Waals surface area contributed by atoms with Crippen LogP contribution in [-0.4, -0.2) is 12.1 Å². The van der Waals surface area contributed by atoms with Crippen molar-refractivity contribution in [3.63, 3.8) is 0 Å². The van der Waals surface area contributed by atoms with E-state index in [1.54, 1.807) is 12.1 Å². The van der Waals surface area contributed by atoms with Gasteiger partial charge in [0.25, 0.3) is 0 Å². The molecule has 4 heteroatoms. The van der Waals surface area contributed by atoms with Crippen LogP contribution in [0.4, 0.5) is 10.1 Å². The Balaban J connectivity index is 1.85. The number of halogens is 1. The fraction of sp³-hybridized carbons (Fsp3) is 0.312. The van der Waals surface area contributed by atoms with Crippen molar-refractivity contribution in [3.05, 3.63) is 53.6 Å². The van der Waals surface area contributed by atoms with Gasteiger partial charge in [0, 0.05) is 18.0 Å². The largest absolute Gasteiger partial charge is 0.494 e. The van der Waals surface area contributed by atoms with Gasteiger partial charge in [0.15, 0.2) is 11.6 Å². The van der Waals surface area contributed by atoms with Crippen molar-refractivity contribution in [1.29, 1.82) is 0 Å². The summed E-state index contributed by atoms with van der Waals surface area (Å²) in [4.78, 5) is 4.49. The first kappa shape index (κ1) is 12.9. The van der Waals surface area contributed by atoms with E-state index in [4.69, 9.17) is 4.74 Å². The predicted octanol–water partition coefficient (Wildman–Crippen LogP) is 3.72. The minimum Gasteiger partial charge on any atom is -0.494 e. The molecule has 0 aliphatic heterocycles. The molecule has 0 saturated carbocycles. The van der Waals surface area contributed by atoms with Gasteiger partial charge in [0.1, 0.15) is 0 Å². The number of benzene rings is 1.